The van der Waals surface area contributed by atoms with E-state index in [0.29, 0.717) is 34.2 Å². The normalized spacial score (nSPS) is 10.5. The fraction of sp³-hybridized carbons (Fsp3) is 0.150. The molecule has 0 fully saturated rings. The molecule has 0 radical (unpaired) electrons. The highest BCUT2D eigenvalue weighted by molar-refractivity contribution is 5.70. The molecule has 0 saturated carbocycles. The first kappa shape index (κ1) is 17.5. The summed E-state index contributed by atoms with van der Waals surface area (Å²) in [5.74, 6) is 1.05. The lowest BCUT2D eigenvalue weighted by molar-refractivity contribution is 0.324. The highest BCUT2D eigenvalue weighted by atomic mass is 19.1. The molecule has 0 N–H and O–H groups in total. The Hall–Kier alpha value is -3.28. The van der Waals surface area contributed by atoms with Crippen LogP contribution in [0.25, 0.3) is 16.9 Å². The second-order valence-electron chi connectivity index (χ2n) is 5.48. The Kier molecular flexibility index (Phi) is 4.93. The van der Waals surface area contributed by atoms with Crippen LogP contribution in [0, 0.1) is 5.82 Å². The van der Waals surface area contributed by atoms with Gasteiger partial charge < -0.3 is 14.2 Å². The van der Waals surface area contributed by atoms with E-state index >= 15 is 0 Å². The molecule has 0 aliphatic rings. The number of aromatic nitrogens is 1. The maximum atomic E-state index is 13.3. The van der Waals surface area contributed by atoms with Crippen molar-refractivity contribution in [1.29, 1.82) is 0 Å². The van der Waals surface area contributed by atoms with Crippen LogP contribution in [0.2, 0.25) is 0 Å². The largest absolute Gasteiger partial charge is 0.493 e. The molecule has 5 nitrogen and oxygen atoms in total. The van der Waals surface area contributed by atoms with E-state index in [2.05, 4.69) is 0 Å². The zero-order valence-electron chi connectivity index (χ0n) is 14.7. The highest BCUT2D eigenvalue weighted by Crippen LogP contribution is 2.41. The van der Waals surface area contributed by atoms with Gasteiger partial charge in [0.2, 0.25) is 5.75 Å². The molecular formula is C20H18FNO4. The Balaban J connectivity index is 2.27. The van der Waals surface area contributed by atoms with Gasteiger partial charge in [-0.2, -0.15) is 0 Å². The monoisotopic (exact) mass is 355 g/mol. The molecule has 0 atom stereocenters. The standard InChI is InChI=1S/C20H18FNO4/c1-24-17-11-13(12-18(25-2)20(17)26-3)16-5-4-6-19(23)22(16)15-9-7-14(21)8-10-15/h4-12H,1-3H3. The van der Waals surface area contributed by atoms with Gasteiger partial charge in [0.1, 0.15) is 5.82 Å². The van der Waals surface area contributed by atoms with Gasteiger partial charge in [-0.3, -0.25) is 9.36 Å². The van der Waals surface area contributed by atoms with Crippen LogP contribution < -0.4 is 19.8 Å². The molecule has 0 unspecified atom stereocenters. The predicted molar refractivity (Wildman–Crippen MR) is 97.1 cm³/mol. The van der Waals surface area contributed by atoms with Crippen LogP contribution in [-0.4, -0.2) is 25.9 Å². The molecule has 2 aromatic carbocycles. The molecule has 0 bridgehead atoms. The molecule has 0 aliphatic carbocycles. The SMILES string of the molecule is COc1cc(-c2cccc(=O)n2-c2ccc(F)cc2)cc(OC)c1OC. The minimum atomic E-state index is -0.368. The van der Waals surface area contributed by atoms with Crippen LogP contribution in [-0.2, 0) is 0 Å². The minimum absolute atomic E-state index is 0.233. The van der Waals surface area contributed by atoms with Gasteiger partial charge in [0.25, 0.3) is 5.56 Å². The second kappa shape index (κ2) is 7.31. The van der Waals surface area contributed by atoms with Crippen LogP contribution >= 0.6 is 0 Å². The number of rotatable bonds is 5. The van der Waals surface area contributed by atoms with Crippen molar-refractivity contribution in [3.8, 4) is 34.2 Å². The first-order valence-electron chi connectivity index (χ1n) is 7.87. The van der Waals surface area contributed by atoms with Crippen molar-refractivity contribution >= 4 is 0 Å². The van der Waals surface area contributed by atoms with E-state index in [0.717, 1.165) is 0 Å². The molecule has 1 aromatic heterocycles. The van der Waals surface area contributed by atoms with Crippen LogP contribution in [0.4, 0.5) is 4.39 Å². The molecule has 3 rings (SSSR count). The summed E-state index contributed by atoms with van der Waals surface area (Å²) in [7, 11) is 4.58. The second-order valence-corrected chi connectivity index (χ2v) is 5.48. The lowest BCUT2D eigenvalue weighted by Crippen LogP contribution is -2.18. The van der Waals surface area contributed by atoms with Crippen molar-refractivity contribution < 1.29 is 18.6 Å². The minimum Gasteiger partial charge on any atom is -0.493 e. The van der Waals surface area contributed by atoms with Crippen molar-refractivity contribution in [1.82, 2.24) is 4.57 Å². The topological polar surface area (TPSA) is 49.7 Å². The van der Waals surface area contributed by atoms with Crippen LogP contribution in [0.1, 0.15) is 0 Å². The van der Waals surface area contributed by atoms with Crippen LogP contribution in [0.3, 0.4) is 0 Å². The van der Waals surface area contributed by atoms with E-state index < -0.39 is 0 Å². The maximum absolute atomic E-state index is 13.3. The quantitative estimate of drug-likeness (QED) is 0.701. The molecule has 0 spiro atoms. The average Bonchev–Trinajstić information content (AvgIpc) is 2.67. The van der Waals surface area contributed by atoms with Gasteiger partial charge in [0.05, 0.1) is 27.0 Å². The first-order valence-corrected chi connectivity index (χ1v) is 7.87. The van der Waals surface area contributed by atoms with E-state index in [4.69, 9.17) is 14.2 Å². The summed E-state index contributed by atoms with van der Waals surface area (Å²) < 4.78 is 30.9. The zero-order chi connectivity index (χ0) is 18.7. The fourth-order valence-corrected chi connectivity index (χ4v) is 2.80. The van der Waals surface area contributed by atoms with Crippen molar-refractivity contribution in [2.24, 2.45) is 0 Å². The van der Waals surface area contributed by atoms with Gasteiger partial charge in [-0.15, -0.1) is 0 Å². The molecule has 0 amide bonds. The van der Waals surface area contributed by atoms with E-state index in [1.54, 1.807) is 36.4 Å². The number of hydrogen-bond acceptors (Lipinski definition) is 4. The molecule has 26 heavy (non-hydrogen) atoms. The maximum Gasteiger partial charge on any atom is 0.255 e. The summed E-state index contributed by atoms with van der Waals surface area (Å²) >= 11 is 0. The van der Waals surface area contributed by atoms with Gasteiger partial charge >= 0.3 is 0 Å². The van der Waals surface area contributed by atoms with Crippen molar-refractivity contribution in [2.75, 3.05) is 21.3 Å². The summed E-state index contributed by atoms with van der Waals surface area (Å²) in [6.07, 6.45) is 0. The average molecular weight is 355 g/mol. The van der Waals surface area contributed by atoms with E-state index in [9.17, 15) is 9.18 Å². The molecule has 3 aromatic rings. The summed E-state index contributed by atoms with van der Waals surface area (Å²) in [6, 6.07) is 14.2. The first-order chi connectivity index (χ1) is 12.6. The number of methoxy groups -OCH3 is 3. The Morgan fingerprint density at radius 1 is 0.846 bits per heavy atom. The Bertz CT molecular complexity index is 955. The van der Waals surface area contributed by atoms with Crippen molar-refractivity contribution in [2.45, 2.75) is 0 Å². The smallest absolute Gasteiger partial charge is 0.255 e. The fourth-order valence-electron chi connectivity index (χ4n) is 2.80. The molecule has 6 heteroatoms. The highest BCUT2D eigenvalue weighted by Gasteiger charge is 2.16. The van der Waals surface area contributed by atoms with Gasteiger partial charge in [-0.05, 0) is 42.5 Å². The summed E-state index contributed by atoms with van der Waals surface area (Å²) in [6.45, 7) is 0. The third kappa shape index (κ3) is 3.13. The van der Waals surface area contributed by atoms with Crippen LogP contribution in [0.5, 0.6) is 17.2 Å². The van der Waals surface area contributed by atoms with Gasteiger partial charge in [-0.25, -0.2) is 4.39 Å². The van der Waals surface area contributed by atoms with Gasteiger partial charge in [0, 0.05) is 17.3 Å². The number of halogens is 1. The summed E-state index contributed by atoms with van der Waals surface area (Å²) in [5.41, 5.74) is 1.63. The third-order valence-corrected chi connectivity index (χ3v) is 4.00. The molecule has 0 aliphatic heterocycles. The van der Waals surface area contributed by atoms with E-state index in [-0.39, 0.29) is 11.4 Å². The molecular weight excluding hydrogens is 337 g/mol. The summed E-state index contributed by atoms with van der Waals surface area (Å²) in [5, 5.41) is 0. The predicted octanol–water partition coefficient (Wildman–Crippen LogP) is 3.67. The lowest BCUT2D eigenvalue weighted by atomic mass is 10.1. The number of ether oxygens (including phenoxy) is 3. The molecule has 1 heterocycles. The Labute approximate surface area is 150 Å². The van der Waals surface area contributed by atoms with Gasteiger partial charge in [-0.1, -0.05) is 6.07 Å². The zero-order valence-corrected chi connectivity index (χ0v) is 14.7. The van der Waals surface area contributed by atoms with E-state index in [1.807, 2.05) is 0 Å². The van der Waals surface area contributed by atoms with Crippen molar-refractivity contribution in [3.63, 3.8) is 0 Å². The Morgan fingerprint density at radius 3 is 2.00 bits per heavy atom. The number of pyridine rings is 1. The van der Waals surface area contributed by atoms with Crippen molar-refractivity contribution in [3.05, 3.63) is 70.8 Å². The molecule has 0 saturated heterocycles. The molecule has 134 valence electrons. The van der Waals surface area contributed by atoms with Crippen LogP contribution in [0.15, 0.2) is 59.4 Å². The number of benzene rings is 2. The number of hydrogen-bond donors (Lipinski definition) is 0. The number of nitrogens with zero attached hydrogens (tertiary/aromatic N) is 1. The third-order valence-electron chi connectivity index (χ3n) is 4.00. The van der Waals surface area contributed by atoms with Gasteiger partial charge in [0.15, 0.2) is 11.5 Å². The van der Waals surface area contributed by atoms with E-state index in [1.165, 1.54) is 44.1 Å². The Morgan fingerprint density at radius 2 is 1.46 bits per heavy atom. The lowest BCUT2D eigenvalue weighted by Gasteiger charge is -2.17. The summed E-state index contributed by atoms with van der Waals surface area (Å²) in [4.78, 5) is 12.5.